The Hall–Kier alpha value is -1.77. The monoisotopic (exact) mass is 246 g/mol. The first-order valence-corrected chi connectivity index (χ1v) is 6.34. The molecule has 0 aliphatic heterocycles. The Morgan fingerprint density at radius 1 is 1.28 bits per heavy atom. The van der Waals surface area contributed by atoms with Gasteiger partial charge < -0.3 is 9.88 Å². The SMILES string of the molecule is CCCn1cccc1CNc1cc(C)cc(F)c1. The van der Waals surface area contributed by atoms with E-state index in [1.165, 1.54) is 17.8 Å². The normalized spacial score (nSPS) is 10.6. The zero-order chi connectivity index (χ0) is 13.0. The van der Waals surface area contributed by atoms with Crippen molar-refractivity contribution in [3.05, 3.63) is 53.6 Å². The number of nitrogens with zero attached hydrogens (tertiary/aromatic N) is 1. The van der Waals surface area contributed by atoms with Gasteiger partial charge in [0.2, 0.25) is 0 Å². The maximum Gasteiger partial charge on any atom is 0.125 e. The second kappa shape index (κ2) is 5.71. The first-order chi connectivity index (χ1) is 8.69. The summed E-state index contributed by atoms with van der Waals surface area (Å²) in [4.78, 5) is 0. The van der Waals surface area contributed by atoms with Crippen LogP contribution in [0.3, 0.4) is 0 Å². The standard InChI is InChI=1S/C15H19FN2/c1-3-6-18-7-4-5-15(18)11-17-14-9-12(2)8-13(16)10-14/h4-5,7-10,17H,3,6,11H2,1-2H3. The van der Waals surface area contributed by atoms with Gasteiger partial charge in [-0.1, -0.05) is 6.92 Å². The van der Waals surface area contributed by atoms with E-state index in [0.717, 1.165) is 30.8 Å². The van der Waals surface area contributed by atoms with Gasteiger partial charge in [0.1, 0.15) is 5.82 Å². The molecule has 96 valence electrons. The smallest absolute Gasteiger partial charge is 0.125 e. The summed E-state index contributed by atoms with van der Waals surface area (Å²) in [6.45, 7) is 5.79. The lowest BCUT2D eigenvalue weighted by atomic mass is 10.2. The molecule has 0 saturated heterocycles. The van der Waals surface area contributed by atoms with Crippen molar-refractivity contribution >= 4 is 5.69 Å². The molecule has 0 atom stereocenters. The van der Waals surface area contributed by atoms with Crippen LogP contribution in [-0.2, 0) is 13.1 Å². The first kappa shape index (κ1) is 12.7. The van der Waals surface area contributed by atoms with E-state index in [1.807, 2.05) is 19.1 Å². The van der Waals surface area contributed by atoms with Crippen LogP contribution in [0.15, 0.2) is 36.5 Å². The fourth-order valence-electron chi connectivity index (χ4n) is 2.10. The first-order valence-electron chi connectivity index (χ1n) is 6.34. The zero-order valence-corrected chi connectivity index (χ0v) is 10.9. The van der Waals surface area contributed by atoms with Crippen LogP contribution < -0.4 is 5.32 Å². The molecule has 0 saturated carbocycles. The molecule has 2 nitrogen and oxygen atoms in total. The number of halogens is 1. The van der Waals surface area contributed by atoms with Crippen LogP contribution in [0.4, 0.5) is 10.1 Å². The summed E-state index contributed by atoms with van der Waals surface area (Å²) in [5.41, 5.74) is 2.98. The largest absolute Gasteiger partial charge is 0.379 e. The highest BCUT2D eigenvalue weighted by atomic mass is 19.1. The van der Waals surface area contributed by atoms with Gasteiger partial charge in [0.15, 0.2) is 0 Å². The number of aryl methyl sites for hydroxylation is 2. The highest BCUT2D eigenvalue weighted by molar-refractivity contribution is 5.46. The molecule has 2 rings (SSSR count). The average molecular weight is 246 g/mol. The molecule has 2 aromatic rings. The maximum absolute atomic E-state index is 13.2. The van der Waals surface area contributed by atoms with Crippen molar-refractivity contribution in [2.45, 2.75) is 33.4 Å². The molecule has 0 bridgehead atoms. The molecular formula is C15H19FN2. The van der Waals surface area contributed by atoms with Gasteiger partial charge in [-0.25, -0.2) is 4.39 Å². The van der Waals surface area contributed by atoms with E-state index in [1.54, 1.807) is 0 Å². The van der Waals surface area contributed by atoms with Gasteiger partial charge in [0, 0.05) is 24.1 Å². The minimum absolute atomic E-state index is 0.193. The van der Waals surface area contributed by atoms with Crippen LogP contribution in [-0.4, -0.2) is 4.57 Å². The molecule has 1 heterocycles. The molecule has 0 radical (unpaired) electrons. The predicted molar refractivity (Wildman–Crippen MR) is 73.2 cm³/mol. The van der Waals surface area contributed by atoms with E-state index in [-0.39, 0.29) is 5.82 Å². The summed E-state index contributed by atoms with van der Waals surface area (Å²) in [7, 11) is 0. The lowest BCUT2D eigenvalue weighted by Gasteiger charge is -2.11. The van der Waals surface area contributed by atoms with Crippen molar-refractivity contribution in [1.82, 2.24) is 4.57 Å². The van der Waals surface area contributed by atoms with Crippen molar-refractivity contribution < 1.29 is 4.39 Å². The van der Waals surface area contributed by atoms with Gasteiger partial charge in [0.05, 0.1) is 6.54 Å². The number of nitrogens with one attached hydrogen (secondary N) is 1. The third kappa shape index (κ3) is 3.13. The van der Waals surface area contributed by atoms with E-state index in [9.17, 15) is 4.39 Å². The van der Waals surface area contributed by atoms with Gasteiger partial charge >= 0.3 is 0 Å². The number of anilines is 1. The van der Waals surface area contributed by atoms with E-state index >= 15 is 0 Å². The van der Waals surface area contributed by atoms with Crippen LogP contribution in [0.1, 0.15) is 24.6 Å². The molecule has 0 aliphatic carbocycles. The minimum Gasteiger partial charge on any atom is -0.379 e. The fourth-order valence-corrected chi connectivity index (χ4v) is 2.10. The van der Waals surface area contributed by atoms with E-state index in [0.29, 0.717) is 0 Å². The van der Waals surface area contributed by atoms with Gasteiger partial charge in [-0.2, -0.15) is 0 Å². The van der Waals surface area contributed by atoms with Gasteiger partial charge in [-0.15, -0.1) is 0 Å². The number of rotatable bonds is 5. The van der Waals surface area contributed by atoms with Crippen LogP contribution in [0.5, 0.6) is 0 Å². The lowest BCUT2D eigenvalue weighted by Crippen LogP contribution is -2.07. The molecule has 0 fully saturated rings. The second-order valence-corrected chi connectivity index (χ2v) is 4.56. The van der Waals surface area contributed by atoms with Crippen molar-refractivity contribution in [3.63, 3.8) is 0 Å². The molecule has 18 heavy (non-hydrogen) atoms. The number of benzene rings is 1. The van der Waals surface area contributed by atoms with Crippen molar-refractivity contribution in [2.75, 3.05) is 5.32 Å². The van der Waals surface area contributed by atoms with E-state index in [4.69, 9.17) is 0 Å². The highest BCUT2D eigenvalue weighted by Crippen LogP contribution is 2.15. The molecule has 1 N–H and O–H groups in total. The summed E-state index contributed by atoms with van der Waals surface area (Å²) in [6, 6.07) is 9.15. The van der Waals surface area contributed by atoms with Crippen LogP contribution in [0, 0.1) is 12.7 Å². The maximum atomic E-state index is 13.2. The molecular weight excluding hydrogens is 227 g/mol. The molecule has 0 unspecified atom stereocenters. The molecule has 0 spiro atoms. The Balaban J connectivity index is 2.04. The Morgan fingerprint density at radius 3 is 2.83 bits per heavy atom. The molecule has 1 aromatic heterocycles. The van der Waals surface area contributed by atoms with Gasteiger partial charge in [-0.05, 0) is 49.2 Å². The van der Waals surface area contributed by atoms with Crippen molar-refractivity contribution in [3.8, 4) is 0 Å². The summed E-state index contributed by atoms with van der Waals surface area (Å²) in [6.07, 6.45) is 3.19. The van der Waals surface area contributed by atoms with E-state index < -0.39 is 0 Å². The summed E-state index contributed by atoms with van der Waals surface area (Å²) < 4.78 is 15.5. The average Bonchev–Trinajstić information content (AvgIpc) is 2.73. The number of hydrogen-bond donors (Lipinski definition) is 1. The topological polar surface area (TPSA) is 17.0 Å². The van der Waals surface area contributed by atoms with Crippen LogP contribution in [0.25, 0.3) is 0 Å². The van der Waals surface area contributed by atoms with Gasteiger partial charge in [-0.3, -0.25) is 0 Å². The highest BCUT2D eigenvalue weighted by Gasteiger charge is 2.01. The Kier molecular flexibility index (Phi) is 4.03. The number of hydrogen-bond acceptors (Lipinski definition) is 1. The van der Waals surface area contributed by atoms with Crippen LogP contribution >= 0.6 is 0 Å². The Bertz CT molecular complexity index is 497. The fraction of sp³-hybridized carbons (Fsp3) is 0.333. The predicted octanol–water partition coefficient (Wildman–Crippen LogP) is 3.96. The summed E-state index contributed by atoms with van der Waals surface area (Å²) in [5, 5.41) is 3.27. The second-order valence-electron chi connectivity index (χ2n) is 4.56. The third-order valence-electron chi connectivity index (χ3n) is 2.90. The Labute approximate surface area is 107 Å². The molecule has 0 aliphatic rings. The zero-order valence-electron chi connectivity index (χ0n) is 10.9. The summed E-state index contributed by atoms with van der Waals surface area (Å²) >= 11 is 0. The van der Waals surface area contributed by atoms with Crippen molar-refractivity contribution in [1.29, 1.82) is 0 Å². The number of aromatic nitrogens is 1. The molecule has 3 heteroatoms. The molecule has 1 aromatic carbocycles. The molecule has 0 amide bonds. The third-order valence-corrected chi connectivity index (χ3v) is 2.90. The Morgan fingerprint density at radius 2 is 2.11 bits per heavy atom. The van der Waals surface area contributed by atoms with E-state index in [2.05, 4.69) is 29.1 Å². The van der Waals surface area contributed by atoms with Gasteiger partial charge in [0.25, 0.3) is 0 Å². The van der Waals surface area contributed by atoms with Crippen molar-refractivity contribution in [2.24, 2.45) is 0 Å². The van der Waals surface area contributed by atoms with Crippen LogP contribution in [0.2, 0.25) is 0 Å². The lowest BCUT2D eigenvalue weighted by molar-refractivity contribution is 0.626. The summed E-state index contributed by atoms with van der Waals surface area (Å²) in [5.74, 6) is -0.193. The minimum atomic E-state index is -0.193. The quantitative estimate of drug-likeness (QED) is 0.845.